The van der Waals surface area contributed by atoms with Crippen LogP contribution in [0.2, 0.25) is 0 Å². The van der Waals surface area contributed by atoms with E-state index in [1.807, 2.05) is 19.9 Å². The first-order chi connectivity index (χ1) is 5.59. The molecular weight excluding hydrogens is 152 g/mol. The molecule has 0 aliphatic rings. The Bertz CT molecular complexity index is 315. The minimum Gasteiger partial charge on any atom is -0.326 e. The standard InChI is InChI=1S/C9H14N2O/c1-7-3-4-11(6-8(2)10)9(12)5-7/h3-5,8H,6,10H2,1-2H3. The molecule has 66 valence electrons. The van der Waals surface area contributed by atoms with Crippen molar-refractivity contribution in [1.82, 2.24) is 4.57 Å². The predicted molar refractivity (Wildman–Crippen MR) is 49.1 cm³/mol. The van der Waals surface area contributed by atoms with Crippen LogP contribution in [0.4, 0.5) is 0 Å². The summed E-state index contributed by atoms with van der Waals surface area (Å²) in [5, 5.41) is 0. The largest absolute Gasteiger partial charge is 0.326 e. The molecule has 1 aromatic rings. The van der Waals surface area contributed by atoms with Crippen LogP contribution in [0.5, 0.6) is 0 Å². The van der Waals surface area contributed by atoms with E-state index >= 15 is 0 Å². The lowest BCUT2D eigenvalue weighted by atomic mass is 10.3. The molecule has 0 aromatic carbocycles. The molecule has 3 heteroatoms. The quantitative estimate of drug-likeness (QED) is 0.695. The molecule has 3 nitrogen and oxygen atoms in total. The average molecular weight is 166 g/mol. The first-order valence-electron chi connectivity index (χ1n) is 4.02. The molecule has 0 spiro atoms. The van der Waals surface area contributed by atoms with Gasteiger partial charge in [0, 0.05) is 24.8 Å². The van der Waals surface area contributed by atoms with Crippen LogP contribution in [0.15, 0.2) is 23.1 Å². The Kier molecular flexibility index (Phi) is 2.65. The number of hydrogen-bond acceptors (Lipinski definition) is 2. The summed E-state index contributed by atoms with van der Waals surface area (Å²) in [6, 6.07) is 3.54. The zero-order valence-corrected chi connectivity index (χ0v) is 7.45. The minimum absolute atomic E-state index is 0.0189. The second-order valence-corrected chi connectivity index (χ2v) is 3.17. The highest BCUT2D eigenvalue weighted by molar-refractivity contribution is 5.08. The lowest BCUT2D eigenvalue weighted by Gasteiger charge is -2.07. The SMILES string of the molecule is Cc1ccn(CC(C)N)c(=O)c1. The van der Waals surface area contributed by atoms with E-state index in [9.17, 15) is 4.79 Å². The highest BCUT2D eigenvalue weighted by Crippen LogP contribution is 1.91. The number of hydrogen-bond donors (Lipinski definition) is 1. The predicted octanol–water partition coefficient (Wildman–Crippen LogP) is 0.504. The van der Waals surface area contributed by atoms with E-state index in [0.717, 1.165) is 5.56 Å². The van der Waals surface area contributed by atoms with Crippen molar-refractivity contribution in [2.24, 2.45) is 5.73 Å². The lowest BCUT2D eigenvalue weighted by molar-refractivity contribution is 0.573. The molecule has 1 atom stereocenters. The summed E-state index contributed by atoms with van der Waals surface area (Å²) in [5.74, 6) is 0. The second-order valence-electron chi connectivity index (χ2n) is 3.17. The van der Waals surface area contributed by atoms with E-state index in [-0.39, 0.29) is 11.6 Å². The van der Waals surface area contributed by atoms with Crippen LogP contribution in [-0.2, 0) is 6.54 Å². The summed E-state index contributed by atoms with van der Waals surface area (Å²) in [5.41, 5.74) is 6.58. The fourth-order valence-corrected chi connectivity index (χ4v) is 1.07. The Labute approximate surface area is 71.8 Å². The molecule has 0 fully saturated rings. The van der Waals surface area contributed by atoms with Crippen molar-refractivity contribution in [2.75, 3.05) is 0 Å². The fourth-order valence-electron chi connectivity index (χ4n) is 1.07. The number of nitrogens with zero attached hydrogens (tertiary/aromatic N) is 1. The molecule has 0 saturated heterocycles. The van der Waals surface area contributed by atoms with Gasteiger partial charge in [-0.25, -0.2) is 0 Å². The Morgan fingerprint density at radius 3 is 2.83 bits per heavy atom. The van der Waals surface area contributed by atoms with Gasteiger partial charge in [0.2, 0.25) is 0 Å². The number of pyridine rings is 1. The van der Waals surface area contributed by atoms with E-state index in [1.165, 1.54) is 0 Å². The molecule has 0 aliphatic carbocycles. The molecule has 1 heterocycles. The van der Waals surface area contributed by atoms with Gasteiger partial charge >= 0.3 is 0 Å². The van der Waals surface area contributed by atoms with Gasteiger partial charge in [-0.05, 0) is 25.5 Å². The molecular formula is C9H14N2O. The molecule has 0 saturated carbocycles. The number of aromatic nitrogens is 1. The van der Waals surface area contributed by atoms with E-state index < -0.39 is 0 Å². The topological polar surface area (TPSA) is 48.0 Å². The highest BCUT2D eigenvalue weighted by Gasteiger charge is 1.98. The number of rotatable bonds is 2. The molecule has 2 N–H and O–H groups in total. The second kappa shape index (κ2) is 3.54. The Balaban J connectivity index is 2.94. The first kappa shape index (κ1) is 9.00. The van der Waals surface area contributed by atoms with Gasteiger partial charge in [0.05, 0.1) is 0 Å². The third kappa shape index (κ3) is 2.20. The van der Waals surface area contributed by atoms with Gasteiger partial charge in [-0.3, -0.25) is 4.79 Å². The first-order valence-corrected chi connectivity index (χ1v) is 4.02. The van der Waals surface area contributed by atoms with Gasteiger partial charge in [-0.2, -0.15) is 0 Å². The van der Waals surface area contributed by atoms with Gasteiger partial charge < -0.3 is 10.3 Å². The van der Waals surface area contributed by atoms with E-state index in [1.54, 1.807) is 16.8 Å². The van der Waals surface area contributed by atoms with Gasteiger partial charge in [0.1, 0.15) is 0 Å². The van der Waals surface area contributed by atoms with Crippen molar-refractivity contribution in [2.45, 2.75) is 26.4 Å². The summed E-state index contributed by atoms with van der Waals surface area (Å²) >= 11 is 0. The van der Waals surface area contributed by atoms with Crippen LogP contribution in [0.1, 0.15) is 12.5 Å². The fraction of sp³-hybridized carbons (Fsp3) is 0.444. The van der Waals surface area contributed by atoms with Crippen molar-refractivity contribution in [3.63, 3.8) is 0 Å². The maximum atomic E-state index is 11.3. The monoisotopic (exact) mass is 166 g/mol. The van der Waals surface area contributed by atoms with Gasteiger partial charge in [0.25, 0.3) is 5.56 Å². The third-order valence-electron chi connectivity index (χ3n) is 1.64. The van der Waals surface area contributed by atoms with Crippen LogP contribution in [0, 0.1) is 6.92 Å². The summed E-state index contributed by atoms with van der Waals surface area (Å²) < 4.78 is 1.62. The lowest BCUT2D eigenvalue weighted by Crippen LogP contribution is -2.29. The molecule has 1 unspecified atom stereocenters. The van der Waals surface area contributed by atoms with Gasteiger partial charge in [-0.15, -0.1) is 0 Å². The van der Waals surface area contributed by atoms with E-state index in [0.29, 0.717) is 6.54 Å². The van der Waals surface area contributed by atoms with E-state index in [4.69, 9.17) is 5.73 Å². The van der Waals surface area contributed by atoms with E-state index in [2.05, 4.69) is 0 Å². The van der Waals surface area contributed by atoms with Crippen LogP contribution in [-0.4, -0.2) is 10.6 Å². The minimum atomic E-state index is 0.0189. The van der Waals surface area contributed by atoms with Crippen molar-refractivity contribution in [3.05, 3.63) is 34.2 Å². The molecule has 0 bridgehead atoms. The normalized spacial score (nSPS) is 12.9. The smallest absolute Gasteiger partial charge is 0.250 e. The maximum Gasteiger partial charge on any atom is 0.250 e. The molecule has 0 aliphatic heterocycles. The molecule has 0 amide bonds. The highest BCUT2D eigenvalue weighted by atomic mass is 16.1. The molecule has 1 rings (SSSR count). The van der Waals surface area contributed by atoms with Crippen LogP contribution in [0.25, 0.3) is 0 Å². The zero-order valence-electron chi connectivity index (χ0n) is 7.45. The van der Waals surface area contributed by atoms with Crippen molar-refractivity contribution < 1.29 is 0 Å². The van der Waals surface area contributed by atoms with Crippen molar-refractivity contribution >= 4 is 0 Å². The Hall–Kier alpha value is -1.09. The maximum absolute atomic E-state index is 11.3. The van der Waals surface area contributed by atoms with Gasteiger partial charge in [-0.1, -0.05) is 0 Å². The number of nitrogens with two attached hydrogens (primary N) is 1. The summed E-state index contributed by atoms with van der Waals surface area (Å²) in [7, 11) is 0. The van der Waals surface area contributed by atoms with Crippen molar-refractivity contribution in [3.8, 4) is 0 Å². The third-order valence-corrected chi connectivity index (χ3v) is 1.64. The average Bonchev–Trinajstić information content (AvgIpc) is 1.94. The van der Waals surface area contributed by atoms with Crippen molar-refractivity contribution in [1.29, 1.82) is 0 Å². The summed E-state index contributed by atoms with van der Waals surface area (Å²) in [4.78, 5) is 11.3. The summed E-state index contributed by atoms with van der Waals surface area (Å²) in [6.45, 7) is 4.36. The molecule has 1 aromatic heterocycles. The number of aryl methyl sites for hydroxylation is 1. The van der Waals surface area contributed by atoms with Crippen LogP contribution < -0.4 is 11.3 Å². The Morgan fingerprint density at radius 2 is 2.33 bits per heavy atom. The molecule has 0 radical (unpaired) electrons. The Morgan fingerprint density at radius 1 is 1.67 bits per heavy atom. The molecule has 12 heavy (non-hydrogen) atoms. The van der Waals surface area contributed by atoms with Crippen LogP contribution >= 0.6 is 0 Å². The zero-order chi connectivity index (χ0) is 9.14. The van der Waals surface area contributed by atoms with Gasteiger partial charge in [0.15, 0.2) is 0 Å². The summed E-state index contributed by atoms with van der Waals surface area (Å²) in [6.07, 6.45) is 1.78. The van der Waals surface area contributed by atoms with Crippen LogP contribution in [0.3, 0.4) is 0 Å².